The highest BCUT2D eigenvalue weighted by Gasteiger charge is 2.73. The first kappa shape index (κ1) is 31.4. The Morgan fingerprint density at radius 2 is 1.69 bits per heavy atom. The van der Waals surface area contributed by atoms with E-state index in [1.807, 2.05) is 18.2 Å². The predicted octanol–water partition coefficient (Wildman–Crippen LogP) is 8.54. The Kier molecular flexibility index (Phi) is 7.06. The Morgan fingerprint density at radius 1 is 0.933 bits per heavy atom. The third kappa shape index (κ3) is 3.92. The molecule has 5 fully saturated rings. The van der Waals surface area contributed by atoms with Gasteiger partial charge >= 0.3 is 5.97 Å². The number of esters is 1. The highest BCUT2D eigenvalue weighted by Crippen LogP contribution is 2.77. The first-order chi connectivity index (χ1) is 21.2. The molecule has 0 aromatic heterocycles. The lowest BCUT2D eigenvalue weighted by atomic mass is 9.30. The highest BCUT2D eigenvalue weighted by atomic mass is 16.5. The number of methoxy groups -OCH3 is 2. The fourth-order valence-corrected chi connectivity index (χ4v) is 13.8. The largest absolute Gasteiger partial charge is 0.504 e. The molecule has 6 nitrogen and oxygen atoms in total. The zero-order valence-electron chi connectivity index (χ0n) is 29.3. The molecule has 0 saturated heterocycles. The fourth-order valence-electron chi connectivity index (χ4n) is 13.8. The van der Waals surface area contributed by atoms with Gasteiger partial charge in [-0.15, -0.1) is 0 Å². The van der Waals surface area contributed by atoms with Crippen molar-refractivity contribution < 1.29 is 19.4 Å². The summed E-state index contributed by atoms with van der Waals surface area (Å²) in [6, 6.07) is 5.56. The quantitative estimate of drug-likeness (QED) is 0.332. The van der Waals surface area contributed by atoms with E-state index < -0.39 is 5.41 Å². The number of carbonyl (C=O) groups is 1. The zero-order valence-corrected chi connectivity index (χ0v) is 29.3. The van der Waals surface area contributed by atoms with Crippen LogP contribution in [0, 0.1) is 68.5 Å². The summed E-state index contributed by atoms with van der Waals surface area (Å²) in [5, 5.41) is 15.7. The number of nitrogens with one attached hydrogen (secondary N) is 1. The van der Waals surface area contributed by atoms with Crippen LogP contribution in [0.1, 0.15) is 118 Å². The minimum atomic E-state index is -0.791. The van der Waals surface area contributed by atoms with Crippen LogP contribution < -0.4 is 10.2 Å². The summed E-state index contributed by atoms with van der Waals surface area (Å²) in [5.74, 6) is 4.37. The molecular weight excluding hydrogens is 560 g/mol. The first-order valence-electron chi connectivity index (χ1n) is 18.0. The number of benzene rings is 1. The fraction of sp³-hybridized carbons (Fsp3) is 0.795. The third-order valence-corrected chi connectivity index (χ3v) is 16.4. The number of phenols is 1. The molecule has 2 unspecified atom stereocenters. The van der Waals surface area contributed by atoms with Crippen LogP contribution in [-0.4, -0.2) is 31.0 Å². The van der Waals surface area contributed by atoms with Gasteiger partial charge in [-0.3, -0.25) is 4.79 Å². The molecule has 1 aromatic carbocycles. The van der Waals surface area contributed by atoms with Gasteiger partial charge in [-0.05, 0) is 140 Å². The molecule has 0 amide bonds. The maximum absolute atomic E-state index is 14.0. The number of hydrogen-bond acceptors (Lipinski definition) is 6. The monoisotopic (exact) mass is 618 g/mol. The van der Waals surface area contributed by atoms with Crippen LogP contribution in [0.2, 0.25) is 0 Å². The van der Waals surface area contributed by atoms with Crippen molar-refractivity contribution in [3.05, 3.63) is 23.8 Å². The van der Waals surface area contributed by atoms with Crippen LogP contribution in [-0.2, 0) is 9.53 Å². The minimum absolute atomic E-state index is 0.0430. The first-order valence-corrected chi connectivity index (χ1v) is 18.0. The summed E-state index contributed by atoms with van der Waals surface area (Å²) in [6.07, 6.45) is 11.2. The highest BCUT2D eigenvalue weighted by molar-refractivity contribution is 6.09. The average Bonchev–Trinajstić information content (AvgIpc) is 3.43. The molecule has 248 valence electrons. The molecule has 2 N–H and O–H groups in total. The van der Waals surface area contributed by atoms with Crippen molar-refractivity contribution in [2.75, 3.05) is 14.2 Å². The zero-order chi connectivity index (χ0) is 32.3. The van der Waals surface area contributed by atoms with Crippen LogP contribution in [0.25, 0.3) is 0 Å². The van der Waals surface area contributed by atoms with Crippen molar-refractivity contribution in [3.8, 4) is 11.5 Å². The van der Waals surface area contributed by atoms with Crippen molar-refractivity contribution in [1.82, 2.24) is 5.43 Å². The number of rotatable bonds is 3. The van der Waals surface area contributed by atoms with E-state index in [9.17, 15) is 9.90 Å². The van der Waals surface area contributed by atoms with E-state index in [1.165, 1.54) is 44.9 Å². The maximum atomic E-state index is 14.0. The molecule has 1 aromatic rings. The summed E-state index contributed by atoms with van der Waals surface area (Å²) in [6.45, 7) is 17.8. The van der Waals surface area contributed by atoms with Gasteiger partial charge in [-0.1, -0.05) is 47.6 Å². The Hall–Kier alpha value is -2.24. The third-order valence-electron chi connectivity index (χ3n) is 16.4. The molecule has 5 aliphatic carbocycles. The van der Waals surface area contributed by atoms with E-state index in [0.717, 1.165) is 47.8 Å². The lowest BCUT2D eigenvalue weighted by Gasteiger charge is -2.73. The number of aromatic hydroxyl groups is 1. The summed E-state index contributed by atoms with van der Waals surface area (Å²) >= 11 is 0. The number of hydrazone groups is 1. The van der Waals surface area contributed by atoms with Crippen molar-refractivity contribution in [1.29, 1.82) is 0 Å². The van der Waals surface area contributed by atoms with Crippen LogP contribution in [0.4, 0.5) is 0 Å². The average molecular weight is 619 g/mol. The van der Waals surface area contributed by atoms with Gasteiger partial charge in [0.1, 0.15) is 5.41 Å². The second kappa shape index (κ2) is 10.1. The van der Waals surface area contributed by atoms with Crippen molar-refractivity contribution in [2.45, 2.75) is 112 Å². The van der Waals surface area contributed by atoms with Gasteiger partial charge in [0.05, 0.1) is 26.0 Å². The SMILES string of the molecule is COC(=O)[C@@]1(C)C2=NNC(c3ccc(OC)c(O)c3)C2C[C@]2(C)[C@H]3CC[C@@H]4[C@@H]5[C@@H](C)[C@H](C)CC[C@]5(C)CC[C@@]4(C)[C@]3(C)CC[C@@H]12. The van der Waals surface area contributed by atoms with E-state index in [2.05, 4.69) is 53.9 Å². The van der Waals surface area contributed by atoms with Gasteiger partial charge in [0.2, 0.25) is 0 Å². The number of phenolic OH excluding ortho intramolecular Hbond substituents is 1. The molecule has 6 aliphatic rings. The standard InChI is InChI=1S/C39H58N2O4/c1-22-14-16-35(3)18-19-37(5)26(31(35)23(22)2)11-13-29-36(4)21-25-32(24-10-12-28(44-8)27(42)20-24)40-41-33(25)39(7,34(43)45-9)30(36)15-17-38(29,37)6/h10,12,20,22-23,25-26,29-32,40,42H,11,13-19,21H2,1-9H3/t22-,23+,25?,26-,29-,30-,31+,32?,35-,36-,37-,38-,39-/m1/s1. The van der Waals surface area contributed by atoms with Crippen LogP contribution in [0.5, 0.6) is 11.5 Å². The Labute approximate surface area is 271 Å². The van der Waals surface area contributed by atoms with Gasteiger partial charge in [0, 0.05) is 5.92 Å². The van der Waals surface area contributed by atoms with Gasteiger partial charge in [-0.25, -0.2) is 0 Å². The topological polar surface area (TPSA) is 80.2 Å². The molecule has 13 atom stereocenters. The lowest BCUT2D eigenvalue weighted by molar-refractivity contribution is -0.243. The number of nitrogens with zero attached hydrogens (tertiary/aromatic N) is 1. The molecule has 1 heterocycles. The Bertz CT molecular complexity index is 1410. The minimum Gasteiger partial charge on any atom is -0.504 e. The summed E-state index contributed by atoms with van der Waals surface area (Å²) < 4.78 is 11.0. The molecule has 5 saturated carbocycles. The number of fused-ring (bicyclic) bond motifs is 8. The van der Waals surface area contributed by atoms with Crippen LogP contribution in [0.3, 0.4) is 0 Å². The van der Waals surface area contributed by atoms with E-state index in [1.54, 1.807) is 14.2 Å². The number of ether oxygens (including phenoxy) is 2. The normalized spacial score (nSPS) is 50.0. The van der Waals surface area contributed by atoms with Gasteiger partial charge in [0.25, 0.3) is 0 Å². The van der Waals surface area contributed by atoms with Crippen LogP contribution >= 0.6 is 0 Å². The van der Waals surface area contributed by atoms with E-state index in [0.29, 0.717) is 22.5 Å². The summed E-state index contributed by atoms with van der Waals surface area (Å²) in [5.41, 5.74) is 5.53. The van der Waals surface area contributed by atoms with Crippen molar-refractivity contribution >= 4 is 11.7 Å². The molecule has 1 aliphatic heterocycles. The van der Waals surface area contributed by atoms with Gasteiger partial charge in [0.15, 0.2) is 11.5 Å². The van der Waals surface area contributed by atoms with E-state index >= 15 is 0 Å². The molecule has 6 heteroatoms. The summed E-state index contributed by atoms with van der Waals surface area (Å²) in [7, 11) is 3.12. The lowest BCUT2D eigenvalue weighted by Crippen LogP contribution is -2.69. The Morgan fingerprint density at radius 3 is 2.38 bits per heavy atom. The second-order valence-corrected chi connectivity index (χ2v) is 17.8. The molecule has 45 heavy (non-hydrogen) atoms. The van der Waals surface area contributed by atoms with Crippen LogP contribution in [0.15, 0.2) is 23.3 Å². The number of hydrogen-bond donors (Lipinski definition) is 2. The molecular formula is C39H58N2O4. The van der Waals surface area contributed by atoms with Gasteiger partial charge < -0.3 is 20.0 Å². The molecule has 7 rings (SSSR count). The smallest absolute Gasteiger partial charge is 0.317 e. The summed E-state index contributed by atoms with van der Waals surface area (Å²) in [4.78, 5) is 14.0. The predicted molar refractivity (Wildman–Crippen MR) is 178 cm³/mol. The molecule has 0 bridgehead atoms. The van der Waals surface area contributed by atoms with Crippen molar-refractivity contribution in [3.63, 3.8) is 0 Å². The van der Waals surface area contributed by atoms with E-state index in [4.69, 9.17) is 14.6 Å². The van der Waals surface area contributed by atoms with E-state index in [-0.39, 0.29) is 40.4 Å². The number of carbonyl (C=O) groups excluding carboxylic acids is 1. The van der Waals surface area contributed by atoms with Gasteiger partial charge in [-0.2, -0.15) is 5.10 Å². The molecule has 0 radical (unpaired) electrons. The van der Waals surface area contributed by atoms with Crippen molar-refractivity contribution in [2.24, 2.45) is 73.6 Å². The molecule has 0 spiro atoms. The maximum Gasteiger partial charge on any atom is 0.317 e. The second-order valence-electron chi connectivity index (χ2n) is 17.8. The Balaban J connectivity index is 1.30.